The van der Waals surface area contributed by atoms with Gasteiger partial charge in [-0.05, 0) is 18.2 Å². The van der Waals surface area contributed by atoms with E-state index < -0.39 is 36.6 Å². The molecule has 100 valence electrons. The Kier molecular flexibility index (Phi) is 8.49. The summed E-state index contributed by atoms with van der Waals surface area (Å²) in [5, 5.41) is 20.2. The monoisotopic (exact) mass is 286 g/mol. The van der Waals surface area contributed by atoms with Gasteiger partial charge in [-0.15, -0.1) is 0 Å². The van der Waals surface area contributed by atoms with Gasteiger partial charge in [0.1, 0.15) is 7.32 Å². The largest absolute Gasteiger partial charge is 1.00 e. The van der Waals surface area contributed by atoms with E-state index in [9.17, 15) is 36.4 Å². The van der Waals surface area contributed by atoms with Gasteiger partial charge in [-0.2, -0.15) is 26.3 Å². The zero-order valence-corrected chi connectivity index (χ0v) is 10.3. The van der Waals surface area contributed by atoms with Gasteiger partial charge in [-0.25, -0.2) is 0 Å². The molecule has 0 aliphatic rings. The van der Waals surface area contributed by atoms with E-state index in [0.29, 0.717) is 0 Å². The average molecular weight is 286 g/mol. The molecule has 0 unspecified atom stereocenters. The van der Waals surface area contributed by atoms with Crippen molar-refractivity contribution in [2.45, 2.75) is 12.4 Å². The van der Waals surface area contributed by atoms with Gasteiger partial charge >= 0.3 is 50.1 Å². The molecular formula is C8H3BF6Li2O3. The molecule has 0 amide bonds. The standard InChI is InChI=1S/C8H3BF6O3.2Li/c10-7(11,12)4-1-5(8(13,14)15)3-6(2-4)18-9(16)17;;/h1-3H;;/q-2;2*+1. The third kappa shape index (κ3) is 6.49. The van der Waals surface area contributed by atoms with Crippen LogP contribution >= 0.6 is 0 Å². The van der Waals surface area contributed by atoms with E-state index >= 15 is 0 Å². The van der Waals surface area contributed by atoms with Crippen LogP contribution in [0, 0.1) is 0 Å². The molecule has 0 fully saturated rings. The first-order chi connectivity index (χ1) is 8.00. The molecule has 0 spiro atoms. The number of alkyl halides is 6. The van der Waals surface area contributed by atoms with Crippen molar-refractivity contribution >= 4 is 7.32 Å². The van der Waals surface area contributed by atoms with Crippen molar-refractivity contribution < 1.29 is 78.8 Å². The number of halogens is 6. The van der Waals surface area contributed by atoms with E-state index in [1.54, 1.807) is 0 Å². The van der Waals surface area contributed by atoms with Crippen LogP contribution in [-0.2, 0) is 12.4 Å². The van der Waals surface area contributed by atoms with Crippen molar-refractivity contribution in [2.24, 2.45) is 0 Å². The fraction of sp³-hybridized carbons (Fsp3) is 0.250. The Morgan fingerprint density at radius 1 is 0.800 bits per heavy atom. The molecule has 0 radical (unpaired) electrons. The Morgan fingerprint density at radius 2 is 1.15 bits per heavy atom. The van der Waals surface area contributed by atoms with Gasteiger partial charge in [0.15, 0.2) is 0 Å². The molecule has 0 bridgehead atoms. The minimum Gasteiger partial charge on any atom is -0.860 e. The Hall–Kier alpha value is -0.220. The minimum absolute atomic E-state index is 0. The molecule has 1 aromatic rings. The maximum absolute atomic E-state index is 12.3. The zero-order chi connectivity index (χ0) is 14.1. The summed E-state index contributed by atoms with van der Waals surface area (Å²) in [6, 6.07) is 0.160. The first-order valence-electron chi connectivity index (χ1n) is 4.28. The molecule has 0 atom stereocenters. The van der Waals surface area contributed by atoms with E-state index in [-0.39, 0.29) is 55.9 Å². The fourth-order valence-electron chi connectivity index (χ4n) is 1.11. The molecular weight excluding hydrogens is 283 g/mol. The third-order valence-electron chi connectivity index (χ3n) is 1.79. The van der Waals surface area contributed by atoms with Crippen molar-refractivity contribution in [3.05, 3.63) is 29.3 Å². The van der Waals surface area contributed by atoms with Crippen LogP contribution in [0.25, 0.3) is 0 Å². The van der Waals surface area contributed by atoms with E-state index in [4.69, 9.17) is 0 Å². The molecule has 1 rings (SSSR count). The summed E-state index contributed by atoms with van der Waals surface area (Å²) >= 11 is 0. The second-order valence-corrected chi connectivity index (χ2v) is 3.15. The van der Waals surface area contributed by atoms with Gasteiger partial charge in [0.05, 0.1) is 16.9 Å². The van der Waals surface area contributed by atoms with E-state index in [0.717, 1.165) is 0 Å². The molecule has 20 heavy (non-hydrogen) atoms. The van der Waals surface area contributed by atoms with Crippen LogP contribution in [0.5, 0.6) is 5.75 Å². The Labute approximate surface area is 133 Å². The summed E-state index contributed by atoms with van der Waals surface area (Å²) in [4.78, 5) is 0. The summed E-state index contributed by atoms with van der Waals surface area (Å²) in [5.41, 5.74) is -3.32. The summed E-state index contributed by atoms with van der Waals surface area (Å²) in [5.74, 6) is -1.08. The predicted octanol–water partition coefficient (Wildman–Crippen LogP) is -5.18. The molecule has 0 aliphatic carbocycles. The summed E-state index contributed by atoms with van der Waals surface area (Å²) in [7, 11) is -3.02. The minimum atomic E-state index is -5.05. The molecule has 0 N–H and O–H groups in total. The van der Waals surface area contributed by atoms with Crippen LogP contribution in [0.4, 0.5) is 26.3 Å². The third-order valence-corrected chi connectivity index (χ3v) is 1.79. The maximum Gasteiger partial charge on any atom is 1.00 e. The molecule has 1 aromatic carbocycles. The topological polar surface area (TPSA) is 55.3 Å². The van der Waals surface area contributed by atoms with Gasteiger partial charge in [-0.3, -0.25) is 0 Å². The van der Waals surface area contributed by atoms with Gasteiger partial charge in [0.2, 0.25) is 0 Å². The first-order valence-corrected chi connectivity index (χ1v) is 4.28. The predicted molar refractivity (Wildman–Crippen MR) is 42.8 cm³/mol. The molecule has 12 heteroatoms. The van der Waals surface area contributed by atoms with Crippen LogP contribution in [-0.4, -0.2) is 7.32 Å². The van der Waals surface area contributed by atoms with Crippen molar-refractivity contribution in [1.29, 1.82) is 0 Å². The molecule has 0 saturated carbocycles. The van der Waals surface area contributed by atoms with Crippen molar-refractivity contribution in [3.63, 3.8) is 0 Å². The number of benzene rings is 1. The van der Waals surface area contributed by atoms with Crippen molar-refractivity contribution in [3.8, 4) is 5.75 Å². The Morgan fingerprint density at radius 3 is 1.40 bits per heavy atom. The molecule has 0 aromatic heterocycles. The Balaban J connectivity index is 0. The number of rotatable bonds is 2. The van der Waals surface area contributed by atoms with Crippen LogP contribution in [0.2, 0.25) is 0 Å². The molecule has 3 nitrogen and oxygen atoms in total. The van der Waals surface area contributed by atoms with E-state index in [1.165, 1.54) is 0 Å². The average Bonchev–Trinajstić information content (AvgIpc) is 2.13. The van der Waals surface area contributed by atoms with Gasteiger partial charge in [-0.1, -0.05) is 0 Å². The van der Waals surface area contributed by atoms with Crippen molar-refractivity contribution in [1.82, 2.24) is 0 Å². The number of hydrogen-bond donors (Lipinski definition) is 0. The fourth-order valence-corrected chi connectivity index (χ4v) is 1.11. The molecule has 0 saturated heterocycles. The maximum atomic E-state index is 12.3. The van der Waals surface area contributed by atoms with Crippen LogP contribution < -0.4 is 52.4 Å². The SMILES string of the molecule is [Li+].[Li+].[O-]B([O-])Oc1cc(C(F)(F)F)cc(C(F)(F)F)c1. The van der Waals surface area contributed by atoms with Gasteiger partial charge in [0.25, 0.3) is 0 Å². The summed E-state index contributed by atoms with van der Waals surface area (Å²) < 4.78 is 77.5. The van der Waals surface area contributed by atoms with E-state index in [1.807, 2.05) is 0 Å². The quantitative estimate of drug-likeness (QED) is 0.403. The second kappa shape index (κ2) is 7.69. The van der Waals surface area contributed by atoms with Gasteiger partial charge < -0.3 is 14.7 Å². The summed E-state index contributed by atoms with van der Waals surface area (Å²) in [6.07, 6.45) is -10.1. The van der Waals surface area contributed by atoms with E-state index in [2.05, 4.69) is 4.65 Å². The molecule has 0 heterocycles. The first kappa shape index (κ1) is 22.1. The number of hydrogen-bond acceptors (Lipinski definition) is 3. The van der Waals surface area contributed by atoms with Crippen LogP contribution in [0.15, 0.2) is 18.2 Å². The normalized spacial score (nSPS) is 11.2. The summed E-state index contributed by atoms with van der Waals surface area (Å²) in [6.45, 7) is 0. The van der Waals surface area contributed by atoms with Crippen LogP contribution in [0.3, 0.4) is 0 Å². The van der Waals surface area contributed by atoms with Crippen molar-refractivity contribution in [2.75, 3.05) is 0 Å². The zero-order valence-electron chi connectivity index (χ0n) is 10.3. The smallest absolute Gasteiger partial charge is 0.860 e. The van der Waals surface area contributed by atoms with Gasteiger partial charge in [0, 0.05) is 0 Å². The Bertz CT molecular complexity index is 405. The molecule has 0 aliphatic heterocycles. The van der Waals surface area contributed by atoms with Crippen LogP contribution in [0.1, 0.15) is 11.1 Å². The second-order valence-electron chi connectivity index (χ2n) is 3.15.